The van der Waals surface area contributed by atoms with Crippen LogP contribution in [0.1, 0.15) is 44.2 Å². The maximum absolute atomic E-state index is 12.9. The Morgan fingerprint density at radius 2 is 1.77 bits per heavy atom. The van der Waals surface area contributed by atoms with Crippen LogP contribution in [0.3, 0.4) is 0 Å². The molecule has 0 bridgehead atoms. The average molecular weight is 623 g/mol. The zero-order valence-electron chi connectivity index (χ0n) is 24.0. The van der Waals surface area contributed by atoms with Crippen molar-refractivity contribution in [1.29, 1.82) is 0 Å². The number of phenols is 1. The third kappa shape index (κ3) is 5.23. The molecule has 8 N–H and O–H groups in total. The normalized spacial score (nSPS) is 27.4. The predicted molar refractivity (Wildman–Crippen MR) is 144 cm³/mol. The van der Waals surface area contributed by atoms with E-state index in [-0.39, 0.29) is 30.1 Å². The number of likely N-dealkylation sites (N-methyl/N-ethyl adjacent to an activating group) is 1. The van der Waals surface area contributed by atoms with Crippen molar-refractivity contribution in [3.05, 3.63) is 35.1 Å². The molecule has 1 aliphatic heterocycles. The van der Waals surface area contributed by atoms with Crippen LogP contribution in [0.2, 0.25) is 0 Å². The van der Waals surface area contributed by atoms with Gasteiger partial charge in [-0.25, -0.2) is 14.4 Å². The van der Waals surface area contributed by atoms with Crippen molar-refractivity contribution in [2.24, 2.45) is 0 Å². The van der Waals surface area contributed by atoms with Gasteiger partial charge < -0.3 is 55.5 Å². The third-order valence-corrected chi connectivity index (χ3v) is 8.56. The Morgan fingerprint density at radius 3 is 2.36 bits per heavy atom. The Balaban J connectivity index is 1.49. The van der Waals surface area contributed by atoms with Gasteiger partial charge in [-0.3, -0.25) is 9.59 Å². The van der Waals surface area contributed by atoms with Gasteiger partial charge in [0.05, 0.1) is 17.4 Å². The fourth-order valence-corrected chi connectivity index (χ4v) is 6.37. The van der Waals surface area contributed by atoms with Crippen LogP contribution >= 0.6 is 0 Å². The lowest BCUT2D eigenvalue weighted by atomic mass is 9.52. The summed E-state index contributed by atoms with van der Waals surface area (Å²) in [7, 11) is 1.70. The molecule has 0 unspecified atom stereocenters. The molecule has 1 aromatic carbocycles. The van der Waals surface area contributed by atoms with E-state index in [1.807, 2.05) is 5.32 Å². The standard InChI is InChI=1S/C28H34N2O14/c1-4-27-18-12-5-6-14(31)21(18)44-22(27)15(7-8-28(27,41)16(9-12)29-3)43-26(40)20(35)19(34)25(39)42-11(2)23(36)30-13(24(37)38)10-17(32)33/h5-7,11,13,16,19-20,22,29,31,34-35,41H,4,8-10H2,1-3H3,(H,30,36)(H,32,33)(H,37,38)/t11-,13-,16+,19+,20+,22-,27-,28+/m0/s1. The number of rotatable bonds is 12. The number of esters is 2. The zero-order valence-corrected chi connectivity index (χ0v) is 24.0. The zero-order chi connectivity index (χ0) is 32.7. The van der Waals surface area contributed by atoms with Crippen LogP contribution in [0.5, 0.6) is 11.5 Å². The van der Waals surface area contributed by atoms with Crippen molar-refractivity contribution in [2.45, 2.75) is 87.0 Å². The fraction of sp³-hybridized carbons (Fsp3) is 0.536. The molecular weight excluding hydrogens is 588 g/mol. The van der Waals surface area contributed by atoms with E-state index < -0.39 is 83.7 Å². The Kier molecular flexibility index (Phi) is 8.93. The maximum Gasteiger partial charge on any atom is 0.343 e. The van der Waals surface area contributed by atoms with Crippen LogP contribution in [-0.2, 0) is 45.3 Å². The average Bonchev–Trinajstić information content (AvgIpc) is 3.35. The van der Waals surface area contributed by atoms with Gasteiger partial charge in [0, 0.05) is 18.0 Å². The number of phenolic OH excluding ortho intramolecular Hbond substituents is 1. The van der Waals surface area contributed by atoms with Gasteiger partial charge in [-0.2, -0.15) is 0 Å². The molecule has 4 rings (SSSR count). The minimum Gasteiger partial charge on any atom is -0.504 e. The summed E-state index contributed by atoms with van der Waals surface area (Å²) in [6.07, 6.45) is -6.82. The number of nitrogens with one attached hydrogen (secondary N) is 2. The molecule has 0 radical (unpaired) electrons. The molecule has 0 aromatic heterocycles. The van der Waals surface area contributed by atoms with E-state index in [0.29, 0.717) is 12.0 Å². The molecule has 2 aliphatic carbocycles. The van der Waals surface area contributed by atoms with Crippen LogP contribution in [0.4, 0.5) is 0 Å². The van der Waals surface area contributed by atoms with Gasteiger partial charge in [0.1, 0.15) is 11.8 Å². The van der Waals surface area contributed by atoms with E-state index in [9.17, 15) is 44.4 Å². The monoisotopic (exact) mass is 622 g/mol. The minimum atomic E-state index is -2.55. The molecule has 16 heteroatoms. The minimum absolute atomic E-state index is 0.0180. The molecule has 240 valence electrons. The summed E-state index contributed by atoms with van der Waals surface area (Å²) < 4.78 is 16.2. The van der Waals surface area contributed by atoms with Crippen molar-refractivity contribution in [2.75, 3.05) is 7.05 Å². The number of benzene rings is 1. The number of carbonyl (C=O) groups excluding carboxylic acids is 3. The van der Waals surface area contributed by atoms with E-state index in [2.05, 4.69) is 5.32 Å². The molecule has 0 saturated carbocycles. The summed E-state index contributed by atoms with van der Waals surface area (Å²) in [5.74, 6) is -7.72. The van der Waals surface area contributed by atoms with E-state index in [1.165, 1.54) is 12.1 Å². The van der Waals surface area contributed by atoms with Crippen LogP contribution in [-0.4, -0.2) is 110 Å². The fourth-order valence-electron chi connectivity index (χ4n) is 6.37. The van der Waals surface area contributed by atoms with Gasteiger partial charge in [0.2, 0.25) is 0 Å². The largest absolute Gasteiger partial charge is 0.504 e. The first kappa shape index (κ1) is 32.7. The van der Waals surface area contributed by atoms with Crippen LogP contribution in [0.15, 0.2) is 24.0 Å². The molecule has 0 fully saturated rings. The highest BCUT2D eigenvalue weighted by atomic mass is 16.6. The molecule has 8 atom stereocenters. The molecule has 3 aliphatic rings. The molecule has 0 spiro atoms. The van der Waals surface area contributed by atoms with Gasteiger partial charge in [0.15, 0.2) is 35.9 Å². The number of aromatic hydroxyl groups is 1. The molecule has 16 nitrogen and oxygen atoms in total. The molecule has 1 aromatic rings. The van der Waals surface area contributed by atoms with Gasteiger partial charge in [-0.05, 0) is 44.5 Å². The number of carboxylic acid groups (broad SMARTS) is 2. The van der Waals surface area contributed by atoms with Crippen molar-refractivity contribution in [3.63, 3.8) is 0 Å². The summed E-state index contributed by atoms with van der Waals surface area (Å²) in [6.45, 7) is 2.79. The third-order valence-electron chi connectivity index (χ3n) is 8.56. The van der Waals surface area contributed by atoms with Crippen molar-refractivity contribution in [1.82, 2.24) is 10.6 Å². The number of carbonyl (C=O) groups is 5. The van der Waals surface area contributed by atoms with Crippen molar-refractivity contribution >= 4 is 29.8 Å². The number of amides is 1. The SMILES string of the molecule is CC[C@]12c3c4ccc(O)c3O[C@H]1C(OC(=O)[C@H](O)[C@@H](O)C(=O)O[C@@H](C)C(=O)N[C@@H](CC(=O)O)C(=O)O)=CC[C@@]2(O)[C@H](NC)C4. The molecule has 1 amide bonds. The predicted octanol–water partition coefficient (Wildman–Crippen LogP) is -1.80. The number of aliphatic hydroxyl groups is 3. The Labute approximate surface area is 250 Å². The van der Waals surface area contributed by atoms with Gasteiger partial charge in [-0.1, -0.05) is 13.0 Å². The van der Waals surface area contributed by atoms with Gasteiger partial charge in [0.25, 0.3) is 5.91 Å². The number of aliphatic hydroxyl groups excluding tert-OH is 2. The smallest absolute Gasteiger partial charge is 0.343 e. The number of hydrogen-bond acceptors (Lipinski definition) is 13. The molecular formula is C28H34N2O14. The maximum atomic E-state index is 12.9. The number of carboxylic acids is 2. The lowest BCUT2D eigenvalue weighted by molar-refractivity contribution is -0.177. The second kappa shape index (κ2) is 12.0. The second-order valence-corrected chi connectivity index (χ2v) is 10.9. The first-order valence-electron chi connectivity index (χ1n) is 13.8. The lowest BCUT2D eigenvalue weighted by Crippen LogP contribution is -2.70. The van der Waals surface area contributed by atoms with Crippen molar-refractivity contribution in [3.8, 4) is 11.5 Å². The first-order valence-corrected chi connectivity index (χ1v) is 13.8. The van der Waals surface area contributed by atoms with E-state index in [1.54, 1.807) is 20.0 Å². The Hall–Kier alpha value is -4.25. The van der Waals surface area contributed by atoms with E-state index in [0.717, 1.165) is 12.5 Å². The number of ether oxygens (including phenoxy) is 3. The van der Waals surface area contributed by atoms with Crippen LogP contribution in [0.25, 0.3) is 0 Å². The van der Waals surface area contributed by atoms with Gasteiger partial charge in [-0.15, -0.1) is 0 Å². The number of aliphatic carboxylic acids is 2. The highest BCUT2D eigenvalue weighted by molar-refractivity contribution is 5.91. The highest BCUT2D eigenvalue weighted by Crippen LogP contribution is 2.63. The van der Waals surface area contributed by atoms with Crippen LogP contribution < -0.4 is 15.4 Å². The lowest BCUT2D eigenvalue weighted by Gasteiger charge is -2.56. The van der Waals surface area contributed by atoms with E-state index >= 15 is 0 Å². The topological polar surface area (TPSA) is 258 Å². The first-order chi connectivity index (χ1) is 20.6. The van der Waals surface area contributed by atoms with Gasteiger partial charge >= 0.3 is 23.9 Å². The Morgan fingerprint density at radius 1 is 1.11 bits per heavy atom. The van der Waals surface area contributed by atoms with Crippen LogP contribution in [0, 0.1) is 0 Å². The summed E-state index contributed by atoms with van der Waals surface area (Å²) in [5.41, 5.74) is -1.24. The summed E-state index contributed by atoms with van der Waals surface area (Å²) in [5, 5.41) is 66.3. The quantitative estimate of drug-likeness (QED) is 0.120. The summed E-state index contributed by atoms with van der Waals surface area (Å²) >= 11 is 0. The highest BCUT2D eigenvalue weighted by Gasteiger charge is 2.69. The molecule has 44 heavy (non-hydrogen) atoms. The Bertz CT molecular complexity index is 1410. The van der Waals surface area contributed by atoms with Crippen molar-refractivity contribution < 1.29 is 68.8 Å². The molecule has 1 heterocycles. The second-order valence-electron chi connectivity index (χ2n) is 10.9. The molecule has 0 saturated heterocycles. The summed E-state index contributed by atoms with van der Waals surface area (Å²) in [4.78, 5) is 59.6. The summed E-state index contributed by atoms with van der Waals surface area (Å²) in [6, 6.07) is 0.907. The van der Waals surface area contributed by atoms with E-state index in [4.69, 9.17) is 24.4 Å². The number of hydrogen-bond donors (Lipinski definition) is 8.